The van der Waals surface area contributed by atoms with Crippen LogP contribution in [0, 0.1) is 5.41 Å². The average molecular weight is 272 g/mol. The third-order valence-corrected chi connectivity index (χ3v) is 4.84. The van der Waals surface area contributed by atoms with E-state index in [2.05, 4.69) is 20.8 Å². The van der Waals surface area contributed by atoms with Crippen LogP contribution in [0.3, 0.4) is 0 Å². The molecular weight excluding hydrogens is 244 g/mol. The zero-order valence-electron chi connectivity index (χ0n) is 12.1. The van der Waals surface area contributed by atoms with E-state index in [0.29, 0.717) is 12.3 Å². The zero-order chi connectivity index (χ0) is 13.6. The Kier molecular flexibility index (Phi) is 6.50. The number of nitrogens with two attached hydrogens (primary N) is 1. The first-order chi connectivity index (χ1) is 8.47. The average Bonchev–Trinajstić information content (AvgIpc) is 2.32. The molecule has 2 N–H and O–H groups in total. The number of unbranched alkanes of at least 4 members (excludes halogenated alkanes) is 1. The molecule has 1 aliphatic heterocycles. The number of carbonyl (C=O) groups excluding carboxylic acids is 1. The summed E-state index contributed by atoms with van der Waals surface area (Å²) >= 11 is 1.90. The quantitative estimate of drug-likeness (QED) is 0.756. The molecule has 1 saturated heterocycles. The van der Waals surface area contributed by atoms with Crippen molar-refractivity contribution in [3.05, 3.63) is 0 Å². The van der Waals surface area contributed by atoms with Gasteiger partial charge in [-0.05, 0) is 24.0 Å². The topological polar surface area (TPSA) is 46.3 Å². The summed E-state index contributed by atoms with van der Waals surface area (Å²) in [6.07, 6.45) is 4.10. The van der Waals surface area contributed by atoms with Crippen molar-refractivity contribution in [3.63, 3.8) is 0 Å². The fourth-order valence-electron chi connectivity index (χ4n) is 2.25. The minimum Gasteiger partial charge on any atom is -0.342 e. The van der Waals surface area contributed by atoms with Crippen molar-refractivity contribution in [2.45, 2.75) is 52.5 Å². The van der Waals surface area contributed by atoms with Crippen molar-refractivity contribution in [2.75, 3.05) is 24.6 Å². The second-order valence-electron chi connectivity index (χ2n) is 5.91. The molecule has 0 aromatic heterocycles. The van der Waals surface area contributed by atoms with Gasteiger partial charge in [0.25, 0.3) is 0 Å². The molecule has 1 unspecified atom stereocenters. The van der Waals surface area contributed by atoms with Crippen molar-refractivity contribution in [1.82, 2.24) is 4.90 Å². The zero-order valence-corrected chi connectivity index (χ0v) is 12.9. The predicted molar refractivity (Wildman–Crippen MR) is 79.8 cm³/mol. The maximum atomic E-state index is 12.1. The van der Waals surface area contributed by atoms with E-state index in [9.17, 15) is 4.79 Å². The molecule has 0 spiro atoms. The smallest absolute Gasteiger partial charge is 0.223 e. The lowest BCUT2D eigenvalue weighted by atomic mass is 9.79. The molecule has 18 heavy (non-hydrogen) atoms. The third kappa shape index (κ3) is 4.81. The first-order valence-corrected chi connectivity index (χ1v) is 8.24. The van der Waals surface area contributed by atoms with Gasteiger partial charge in [0.1, 0.15) is 0 Å². The maximum absolute atomic E-state index is 12.1. The number of hydrogen-bond donors (Lipinski definition) is 1. The molecule has 1 fully saturated rings. The molecule has 1 aliphatic rings. The molecule has 0 bridgehead atoms. The Labute approximate surface area is 116 Å². The van der Waals surface area contributed by atoms with E-state index in [1.54, 1.807) is 0 Å². The largest absolute Gasteiger partial charge is 0.342 e. The van der Waals surface area contributed by atoms with Gasteiger partial charge in [-0.2, -0.15) is 11.8 Å². The lowest BCUT2D eigenvalue weighted by Crippen LogP contribution is -2.54. The molecule has 0 saturated carbocycles. The summed E-state index contributed by atoms with van der Waals surface area (Å²) < 4.78 is 0. The molecule has 0 aromatic carbocycles. The standard InChI is InChI=1S/C14H28N2OS/c1-4-5-9-18-10-7-13(17)16-8-6-12(15)14(2,3)11-16/h12H,4-11,15H2,1-3H3. The molecule has 1 amide bonds. The monoisotopic (exact) mass is 272 g/mol. The Morgan fingerprint density at radius 1 is 1.44 bits per heavy atom. The van der Waals surface area contributed by atoms with Crippen LogP contribution in [-0.2, 0) is 4.79 Å². The van der Waals surface area contributed by atoms with Crippen molar-refractivity contribution in [2.24, 2.45) is 11.1 Å². The summed E-state index contributed by atoms with van der Waals surface area (Å²) in [7, 11) is 0. The lowest BCUT2D eigenvalue weighted by molar-refractivity contribution is -0.134. The van der Waals surface area contributed by atoms with Crippen LogP contribution < -0.4 is 5.73 Å². The molecular formula is C14H28N2OS. The minimum atomic E-state index is 0.0588. The first kappa shape index (κ1) is 15.8. The summed E-state index contributed by atoms with van der Waals surface area (Å²) in [5.74, 6) is 2.45. The van der Waals surface area contributed by atoms with Gasteiger partial charge in [0.15, 0.2) is 0 Å². The summed E-state index contributed by atoms with van der Waals surface area (Å²) in [5, 5.41) is 0. The van der Waals surface area contributed by atoms with E-state index in [1.807, 2.05) is 16.7 Å². The second kappa shape index (κ2) is 7.39. The summed E-state index contributed by atoms with van der Waals surface area (Å²) in [5.41, 5.74) is 6.15. The van der Waals surface area contributed by atoms with Gasteiger partial charge in [-0.25, -0.2) is 0 Å². The number of carbonyl (C=O) groups is 1. The van der Waals surface area contributed by atoms with Crippen LogP contribution in [0.15, 0.2) is 0 Å². The molecule has 0 aliphatic carbocycles. The highest BCUT2D eigenvalue weighted by Crippen LogP contribution is 2.28. The van der Waals surface area contributed by atoms with E-state index in [1.165, 1.54) is 18.6 Å². The number of amides is 1. The molecule has 0 aromatic rings. The SMILES string of the molecule is CCCCSCCC(=O)N1CCC(N)C(C)(C)C1. The predicted octanol–water partition coefficient (Wildman–Crippen LogP) is 2.50. The van der Waals surface area contributed by atoms with Gasteiger partial charge < -0.3 is 10.6 Å². The number of hydrogen-bond acceptors (Lipinski definition) is 3. The van der Waals surface area contributed by atoms with Gasteiger partial charge >= 0.3 is 0 Å². The highest BCUT2D eigenvalue weighted by molar-refractivity contribution is 7.99. The van der Waals surface area contributed by atoms with Crippen LogP contribution in [0.4, 0.5) is 0 Å². The van der Waals surface area contributed by atoms with Gasteiger partial charge in [0.2, 0.25) is 5.91 Å². The van der Waals surface area contributed by atoms with Crippen molar-refractivity contribution >= 4 is 17.7 Å². The number of nitrogens with zero attached hydrogens (tertiary/aromatic N) is 1. The van der Waals surface area contributed by atoms with Crippen LogP contribution in [0.5, 0.6) is 0 Å². The van der Waals surface area contributed by atoms with Crippen LogP contribution in [0.1, 0.15) is 46.5 Å². The molecule has 4 heteroatoms. The third-order valence-electron chi connectivity index (χ3n) is 3.77. The van der Waals surface area contributed by atoms with Gasteiger partial charge in [0, 0.05) is 31.3 Å². The summed E-state index contributed by atoms with van der Waals surface area (Å²) in [6.45, 7) is 8.17. The van der Waals surface area contributed by atoms with Crippen molar-refractivity contribution in [1.29, 1.82) is 0 Å². The number of rotatable bonds is 6. The van der Waals surface area contributed by atoms with Gasteiger partial charge in [-0.3, -0.25) is 4.79 Å². The van der Waals surface area contributed by atoms with Crippen LogP contribution in [0.25, 0.3) is 0 Å². The van der Waals surface area contributed by atoms with Crippen LogP contribution in [0.2, 0.25) is 0 Å². The molecule has 1 heterocycles. The molecule has 0 radical (unpaired) electrons. The first-order valence-electron chi connectivity index (χ1n) is 7.08. The molecule has 1 atom stereocenters. The number of likely N-dealkylation sites (tertiary alicyclic amines) is 1. The Morgan fingerprint density at radius 2 is 2.17 bits per heavy atom. The van der Waals surface area contributed by atoms with E-state index in [0.717, 1.165) is 25.3 Å². The fraction of sp³-hybridized carbons (Fsp3) is 0.929. The van der Waals surface area contributed by atoms with E-state index in [-0.39, 0.29) is 11.5 Å². The highest BCUT2D eigenvalue weighted by atomic mass is 32.2. The number of thioether (sulfide) groups is 1. The molecule has 1 rings (SSSR count). The summed E-state index contributed by atoms with van der Waals surface area (Å²) in [6, 6.07) is 0.223. The maximum Gasteiger partial charge on any atom is 0.223 e. The Morgan fingerprint density at radius 3 is 2.78 bits per heavy atom. The van der Waals surface area contributed by atoms with Gasteiger partial charge in [-0.1, -0.05) is 27.2 Å². The highest BCUT2D eigenvalue weighted by Gasteiger charge is 2.34. The second-order valence-corrected chi connectivity index (χ2v) is 7.14. The van der Waals surface area contributed by atoms with E-state index >= 15 is 0 Å². The normalized spacial score (nSPS) is 23.1. The van der Waals surface area contributed by atoms with Gasteiger partial charge in [0.05, 0.1) is 0 Å². The van der Waals surface area contributed by atoms with Crippen LogP contribution >= 0.6 is 11.8 Å². The van der Waals surface area contributed by atoms with Crippen molar-refractivity contribution < 1.29 is 4.79 Å². The van der Waals surface area contributed by atoms with Crippen LogP contribution in [-0.4, -0.2) is 41.4 Å². The Hall–Kier alpha value is -0.220. The Bertz CT molecular complexity index is 269. The fourth-order valence-corrected chi connectivity index (χ4v) is 3.27. The number of piperidine rings is 1. The Balaban J connectivity index is 2.26. The lowest BCUT2D eigenvalue weighted by Gasteiger charge is -2.42. The van der Waals surface area contributed by atoms with Gasteiger partial charge in [-0.15, -0.1) is 0 Å². The minimum absolute atomic E-state index is 0.0588. The van der Waals surface area contributed by atoms with Crippen molar-refractivity contribution in [3.8, 4) is 0 Å². The van der Waals surface area contributed by atoms with E-state index < -0.39 is 0 Å². The summed E-state index contributed by atoms with van der Waals surface area (Å²) in [4.78, 5) is 14.1. The molecule has 3 nitrogen and oxygen atoms in total. The molecule has 106 valence electrons. The van der Waals surface area contributed by atoms with E-state index in [4.69, 9.17) is 5.73 Å².